The predicted molar refractivity (Wildman–Crippen MR) is 63.4 cm³/mol. The van der Waals surface area contributed by atoms with Crippen molar-refractivity contribution in [3.63, 3.8) is 0 Å². The number of aromatic carboxylic acids is 1. The third-order valence-electron chi connectivity index (χ3n) is 2.74. The summed E-state index contributed by atoms with van der Waals surface area (Å²) in [4.78, 5) is 14.8. The number of nitrogens with one attached hydrogen (secondary N) is 1. The Morgan fingerprint density at radius 1 is 1.65 bits per heavy atom. The van der Waals surface area contributed by atoms with Gasteiger partial charge in [0, 0.05) is 12.7 Å². The van der Waals surface area contributed by atoms with E-state index in [0.29, 0.717) is 18.3 Å². The Morgan fingerprint density at radius 2 is 2.35 bits per heavy atom. The van der Waals surface area contributed by atoms with Gasteiger partial charge in [0.2, 0.25) is 0 Å². The lowest BCUT2D eigenvalue weighted by Gasteiger charge is -2.11. The van der Waals surface area contributed by atoms with Gasteiger partial charge in [-0.15, -0.1) is 0 Å². The number of carboxylic acids is 1. The lowest BCUT2D eigenvalue weighted by atomic mass is 10.2. The molecular formula is C11H13ClN2O3. The first-order valence-corrected chi connectivity index (χ1v) is 5.76. The number of aliphatic hydroxyl groups excluding tert-OH is 1. The van der Waals surface area contributed by atoms with Gasteiger partial charge >= 0.3 is 5.97 Å². The monoisotopic (exact) mass is 256 g/mol. The molecule has 1 aromatic rings. The SMILES string of the molecule is O=C(O)c1cc(NCC(O)C2CC2)ncc1Cl. The van der Waals surface area contributed by atoms with E-state index in [1.165, 1.54) is 12.3 Å². The number of aromatic nitrogens is 1. The zero-order chi connectivity index (χ0) is 12.4. The van der Waals surface area contributed by atoms with E-state index in [2.05, 4.69) is 10.3 Å². The van der Waals surface area contributed by atoms with Crippen LogP contribution in [0.1, 0.15) is 23.2 Å². The molecule has 2 rings (SSSR count). The fourth-order valence-corrected chi connectivity index (χ4v) is 1.74. The van der Waals surface area contributed by atoms with Crippen molar-refractivity contribution in [1.29, 1.82) is 0 Å². The van der Waals surface area contributed by atoms with Gasteiger partial charge in [-0.25, -0.2) is 9.78 Å². The molecular weight excluding hydrogens is 244 g/mol. The number of aliphatic hydroxyl groups is 1. The van der Waals surface area contributed by atoms with Crippen molar-refractivity contribution in [2.24, 2.45) is 5.92 Å². The third-order valence-corrected chi connectivity index (χ3v) is 3.05. The molecule has 0 saturated heterocycles. The van der Waals surface area contributed by atoms with E-state index in [0.717, 1.165) is 12.8 Å². The second kappa shape index (κ2) is 4.89. The number of pyridine rings is 1. The molecule has 0 amide bonds. The van der Waals surface area contributed by atoms with E-state index in [4.69, 9.17) is 16.7 Å². The highest BCUT2D eigenvalue weighted by Gasteiger charge is 2.29. The minimum atomic E-state index is -1.09. The summed E-state index contributed by atoms with van der Waals surface area (Å²) in [5.74, 6) is -0.316. The van der Waals surface area contributed by atoms with Crippen LogP contribution < -0.4 is 5.32 Å². The number of anilines is 1. The Kier molecular flexibility index (Phi) is 3.49. The zero-order valence-electron chi connectivity index (χ0n) is 9.06. The predicted octanol–water partition coefficient (Wildman–Crippen LogP) is 1.62. The highest BCUT2D eigenvalue weighted by Crippen LogP contribution is 2.32. The highest BCUT2D eigenvalue weighted by atomic mass is 35.5. The van der Waals surface area contributed by atoms with Gasteiger partial charge < -0.3 is 15.5 Å². The van der Waals surface area contributed by atoms with Gasteiger partial charge in [-0.2, -0.15) is 0 Å². The van der Waals surface area contributed by atoms with Crippen molar-refractivity contribution in [3.05, 3.63) is 22.8 Å². The van der Waals surface area contributed by atoms with Gasteiger partial charge in [-0.05, 0) is 24.8 Å². The first kappa shape index (κ1) is 12.1. The summed E-state index contributed by atoms with van der Waals surface area (Å²) < 4.78 is 0. The van der Waals surface area contributed by atoms with E-state index in [1.54, 1.807) is 0 Å². The van der Waals surface area contributed by atoms with Crippen LogP contribution in [-0.4, -0.2) is 33.8 Å². The Bertz CT molecular complexity index is 435. The summed E-state index contributed by atoms with van der Waals surface area (Å²) in [6.45, 7) is 0.373. The smallest absolute Gasteiger partial charge is 0.337 e. The van der Waals surface area contributed by atoms with Gasteiger partial charge in [0.25, 0.3) is 0 Å². The first-order valence-electron chi connectivity index (χ1n) is 5.38. The molecule has 0 spiro atoms. The van der Waals surface area contributed by atoms with Crippen LogP contribution in [0.3, 0.4) is 0 Å². The number of halogens is 1. The van der Waals surface area contributed by atoms with Crippen LogP contribution in [0.4, 0.5) is 5.82 Å². The summed E-state index contributed by atoms with van der Waals surface area (Å²) in [6.07, 6.45) is 2.99. The van der Waals surface area contributed by atoms with Crippen LogP contribution in [0.25, 0.3) is 0 Å². The number of carboxylic acid groups (broad SMARTS) is 1. The molecule has 0 radical (unpaired) electrons. The normalized spacial score (nSPS) is 16.6. The summed E-state index contributed by atoms with van der Waals surface area (Å²) in [7, 11) is 0. The molecule has 3 N–H and O–H groups in total. The van der Waals surface area contributed by atoms with Gasteiger partial charge in [0.15, 0.2) is 0 Å². The third kappa shape index (κ3) is 3.08. The molecule has 1 aliphatic carbocycles. The quantitative estimate of drug-likeness (QED) is 0.746. The van der Waals surface area contributed by atoms with Crippen molar-refractivity contribution >= 4 is 23.4 Å². The van der Waals surface area contributed by atoms with Gasteiger partial charge in [-0.1, -0.05) is 11.6 Å². The Hall–Kier alpha value is -1.33. The standard InChI is InChI=1S/C11H13ClN2O3/c12-8-4-13-10(3-7(8)11(16)17)14-5-9(15)6-1-2-6/h3-4,6,9,15H,1-2,5H2,(H,13,14)(H,16,17). The second-order valence-electron chi connectivity index (χ2n) is 4.14. The van der Waals surface area contributed by atoms with Crippen LogP contribution in [0.15, 0.2) is 12.3 Å². The maximum absolute atomic E-state index is 10.8. The van der Waals surface area contributed by atoms with Gasteiger partial charge in [-0.3, -0.25) is 0 Å². The lowest BCUT2D eigenvalue weighted by molar-refractivity contribution is 0.0697. The van der Waals surface area contributed by atoms with Crippen molar-refractivity contribution in [2.45, 2.75) is 18.9 Å². The molecule has 1 aromatic heterocycles. The van der Waals surface area contributed by atoms with Crippen molar-refractivity contribution in [3.8, 4) is 0 Å². The molecule has 1 unspecified atom stereocenters. The fourth-order valence-electron chi connectivity index (χ4n) is 1.56. The number of hydrogen-bond donors (Lipinski definition) is 3. The van der Waals surface area contributed by atoms with Gasteiger partial charge in [0.05, 0.1) is 16.7 Å². The number of carbonyl (C=O) groups is 1. The number of nitrogens with zero attached hydrogens (tertiary/aromatic N) is 1. The minimum absolute atomic E-state index is 0.00470. The topological polar surface area (TPSA) is 82.5 Å². The molecule has 6 heteroatoms. The maximum atomic E-state index is 10.8. The van der Waals surface area contributed by atoms with E-state index in [9.17, 15) is 9.90 Å². The van der Waals surface area contributed by atoms with E-state index >= 15 is 0 Å². The molecule has 0 aliphatic heterocycles. The Balaban J connectivity index is 2.00. The fraction of sp³-hybridized carbons (Fsp3) is 0.455. The number of rotatable bonds is 5. The molecule has 1 heterocycles. The first-order chi connectivity index (χ1) is 8.08. The summed E-state index contributed by atoms with van der Waals surface area (Å²) in [6, 6.07) is 1.37. The molecule has 17 heavy (non-hydrogen) atoms. The minimum Gasteiger partial charge on any atom is -0.478 e. The summed E-state index contributed by atoms with van der Waals surface area (Å²) >= 11 is 5.69. The van der Waals surface area contributed by atoms with Gasteiger partial charge in [0.1, 0.15) is 5.82 Å². The average Bonchev–Trinajstić information content (AvgIpc) is 3.11. The number of hydrogen-bond acceptors (Lipinski definition) is 4. The van der Waals surface area contributed by atoms with E-state index < -0.39 is 12.1 Å². The van der Waals surface area contributed by atoms with Crippen LogP contribution >= 0.6 is 11.6 Å². The van der Waals surface area contributed by atoms with E-state index in [-0.39, 0.29) is 10.6 Å². The largest absolute Gasteiger partial charge is 0.478 e. The van der Waals surface area contributed by atoms with Crippen LogP contribution in [0.5, 0.6) is 0 Å². The van der Waals surface area contributed by atoms with Crippen molar-refractivity contribution in [2.75, 3.05) is 11.9 Å². The zero-order valence-corrected chi connectivity index (χ0v) is 9.81. The molecule has 1 fully saturated rings. The average molecular weight is 257 g/mol. The molecule has 0 aromatic carbocycles. The molecule has 1 atom stereocenters. The Labute approximate surface area is 103 Å². The highest BCUT2D eigenvalue weighted by molar-refractivity contribution is 6.33. The molecule has 1 aliphatic rings. The maximum Gasteiger partial charge on any atom is 0.337 e. The van der Waals surface area contributed by atoms with Crippen LogP contribution in [0, 0.1) is 5.92 Å². The molecule has 5 nitrogen and oxygen atoms in total. The van der Waals surface area contributed by atoms with Crippen LogP contribution in [-0.2, 0) is 0 Å². The molecule has 0 bridgehead atoms. The Morgan fingerprint density at radius 3 is 2.94 bits per heavy atom. The molecule has 1 saturated carbocycles. The lowest BCUT2D eigenvalue weighted by Crippen LogP contribution is -2.21. The summed E-state index contributed by atoms with van der Waals surface area (Å²) in [5, 5.41) is 21.5. The van der Waals surface area contributed by atoms with Crippen molar-refractivity contribution in [1.82, 2.24) is 4.98 Å². The van der Waals surface area contributed by atoms with E-state index in [1.807, 2.05) is 0 Å². The molecule has 92 valence electrons. The van der Waals surface area contributed by atoms with Crippen LogP contribution in [0.2, 0.25) is 5.02 Å². The second-order valence-corrected chi connectivity index (χ2v) is 4.55. The summed E-state index contributed by atoms with van der Waals surface area (Å²) in [5.41, 5.74) is 0.00470. The van der Waals surface area contributed by atoms with Crippen molar-refractivity contribution < 1.29 is 15.0 Å².